The molecular formula is C11H10BrN3. The summed E-state index contributed by atoms with van der Waals surface area (Å²) in [5, 5.41) is 3.19. The highest BCUT2D eigenvalue weighted by molar-refractivity contribution is 9.10. The molecule has 2 aromatic rings. The quantitative estimate of drug-likeness (QED) is 0.819. The lowest BCUT2D eigenvalue weighted by molar-refractivity contribution is 1.32. The van der Waals surface area contributed by atoms with Gasteiger partial charge in [0.25, 0.3) is 0 Å². The monoisotopic (exact) mass is 263 g/mol. The Morgan fingerprint density at radius 2 is 2.13 bits per heavy atom. The highest BCUT2D eigenvalue weighted by atomic mass is 79.9. The summed E-state index contributed by atoms with van der Waals surface area (Å²) in [6, 6.07) is 9.53. The van der Waals surface area contributed by atoms with Crippen LogP contribution in [0.15, 0.2) is 47.2 Å². The first-order valence-corrected chi connectivity index (χ1v) is 5.27. The standard InChI is InChI=1S/C11H10BrN3/c12-8-3-4-11(10(13)6-8)15-9-2-1-5-14-7-9/h1-7,15H,13H2. The van der Waals surface area contributed by atoms with Gasteiger partial charge in [0.05, 0.1) is 23.3 Å². The maximum absolute atomic E-state index is 5.86. The van der Waals surface area contributed by atoms with Gasteiger partial charge in [-0.05, 0) is 30.3 Å². The first kappa shape index (κ1) is 9.98. The fourth-order valence-electron chi connectivity index (χ4n) is 1.24. The van der Waals surface area contributed by atoms with Crippen LogP contribution in [0.2, 0.25) is 0 Å². The van der Waals surface area contributed by atoms with Gasteiger partial charge in [-0.1, -0.05) is 15.9 Å². The number of rotatable bonds is 2. The van der Waals surface area contributed by atoms with E-state index < -0.39 is 0 Å². The van der Waals surface area contributed by atoms with E-state index in [4.69, 9.17) is 5.73 Å². The maximum Gasteiger partial charge on any atom is 0.0619 e. The molecule has 4 heteroatoms. The van der Waals surface area contributed by atoms with Crippen LogP contribution in [0.25, 0.3) is 0 Å². The Bertz CT molecular complexity index is 457. The van der Waals surface area contributed by atoms with Crippen LogP contribution in [0.5, 0.6) is 0 Å². The Hall–Kier alpha value is -1.55. The van der Waals surface area contributed by atoms with E-state index in [9.17, 15) is 0 Å². The zero-order valence-electron chi connectivity index (χ0n) is 7.94. The van der Waals surface area contributed by atoms with Gasteiger partial charge in [0, 0.05) is 10.7 Å². The molecule has 0 atom stereocenters. The van der Waals surface area contributed by atoms with E-state index in [1.54, 1.807) is 12.4 Å². The van der Waals surface area contributed by atoms with Gasteiger partial charge in [-0.25, -0.2) is 0 Å². The van der Waals surface area contributed by atoms with Crippen molar-refractivity contribution in [3.05, 3.63) is 47.2 Å². The van der Waals surface area contributed by atoms with E-state index in [1.165, 1.54) is 0 Å². The molecule has 2 rings (SSSR count). The molecule has 0 spiro atoms. The minimum atomic E-state index is 0.702. The van der Waals surface area contributed by atoms with E-state index in [1.807, 2.05) is 30.3 Å². The highest BCUT2D eigenvalue weighted by Gasteiger charge is 1.99. The van der Waals surface area contributed by atoms with Gasteiger partial charge in [-0.2, -0.15) is 0 Å². The molecule has 1 aromatic heterocycles. The molecule has 0 saturated carbocycles. The summed E-state index contributed by atoms with van der Waals surface area (Å²) in [5.41, 5.74) is 8.36. The van der Waals surface area contributed by atoms with Gasteiger partial charge in [0.15, 0.2) is 0 Å². The van der Waals surface area contributed by atoms with Crippen LogP contribution in [0.4, 0.5) is 17.1 Å². The summed E-state index contributed by atoms with van der Waals surface area (Å²) in [6.45, 7) is 0. The SMILES string of the molecule is Nc1cc(Br)ccc1Nc1cccnc1. The summed E-state index contributed by atoms with van der Waals surface area (Å²) >= 11 is 3.36. The number of nitrogens with one attached hydrogen (secondary N) is 1. The minimum absolute atomic E-state index is 0.702. The summed E-state index contributed by atoms with van der Waals surface area (Å²) < 4.78 is 0.969. The molecule has 1 heterocycles. The number of pyridine rings is 1. The third kappa shape index (κ3) is 2.47. The lowest BCUT2D eigenvalue weighted by atomic mass is 10.2. The molecule has 0 aliphatic rings. The molecule has 15 heavy (non-hydrogen) atoms. The van der Waals surface area contributed by atoms with Crippen LogP contribution in [0.3, 0.4) is 0 Å². The Morgan fingerprint density at radius 1 is 1.27 bits per heavy atom. The molecule has 76 valence electrons. The molecule has 0 saturated heterocycles. The average Bonchev–Trinajstić information content (AvgIpc) is 2.24. The predicted octanol–water partition coefficient (Wildman–Crippen LogP) is 3.17. The van der Waals surface area contributed by atoms with Crippen LogP contribution < -0.4 is 11.1 Å². The Morgan fingerprint density at radius 3 is 2.80 bits per heavy atom. The largest absolute Gasteiger partial charge is 0.397 e. The number of hydrogen-bond acceptors (Lipinski definition) is 3. The lowest BCUT2D eigenvalue weighted by Crippen LogP contribution is -1.96. The number of benzene rings is 1. The third-order valence-corrected chi connectivity index (χ3v) is 2.45. The molecule has 3 nitrogen and oxygen atoms in total. The topological polar surface area (TPSA) is 50.9 Å². The van der Waals surface area contributed by atoms with Crippen molar-refractivity contribution in [2.24, 2.45) is 0 Å². The number of nitrogens with two attached hydrogens (primary N) is 1. The number of nitrogen functional groups attached to an aromatic ring is 1. The van der Waals surface area contributed by atoms with E-state index in [2.05, 4.69) is 26.2 Å². The van der Waals surface area contributed by atoms with Crippen molar-refractivity contribution in [3.63, 3.8) is 0 Å². The number of hydrogen-bond donors (Lipinski definition) is 2. The first-order chi connectivity index (χ1) is 7.25. The Kier molecular flexibility index (Phi) is 2.87. The van der Waals surface area contributed by atoms with Crippen LogP contribution in [0, 0.1) is 0 Å². The average molecular weight is 264 g/mol. The van der Waals surface area contributed by atoms with Crippen molar-refractivity contribution in [2.75, 3.05) is 11.1 Å². The zero-order chi connectivity index (χ0) is 10.7. The molecule has 3 N–H and O–H groups in total. The fraction of sp³-hybridized carbons (Fsp3) is 0. The molecule has 0 bridgehead atoms. The molecule has 0 fully saturated rings. The van der Waals surface area contributed by atoms with Crippen LogP contribution >= 0.6 is 15.9 Å². The number of anilines is 3. The lowest BCUT2D eigenvalue weighted by Gasteiger charge is -2.08. The molecule has 0 aliphatic carbocycles. The number of nitrogens with zero attached hydrogens (tertiary/aromatic N) is 1. The number of aromatic nitrogens is 1. The molecule has 0 aliphatic heterocycles. The molecule has 0 radical (unpaired) electrons. The second-order valence-electron chi connectivity index (χ2n) is 3.10. The van der Waals surface area contributed by atoms with Crippen molar-refractivity contribution >= 4 is 33.0 Å². The zero-order valence-corrected chi connectivity index (χ0v) is 9.53. The van der Waals surface area contributed by atoms with Crippen LogP contribution in [-0.2, 0) is 0 Å². The maximum atomic E-state index is 5.86. The van der Waals surface area contributed by atoms with E-state index >= 15 is 0 Å². The van der Waals surface area contributed by atoms with Crippen molar-refractivity contribution in [1.29, 1.82) is 0 Å². The van der Waals surface area contributed by atoms with Gasteiger partial charge in [-0.3, -0.25) is 4.98 Å². The van der Waals surface area contributed by atoms with Gasteiger partial charge in [0.1, 0.15) is 0 Å². The van der Waals surface area contributed by atoms with Gasteiger partial charge < -0.3 is 11.1 Å². The van der Waals surface area contributed by atoms with Crippen molar-refractivity contribution in [2.45, 2.75) is 0 Å². The molecular weight excluding hydrogens is 254 g/mol. The summed E-state index contributed by atoms with van der Waals surface area (Å²) in [5.74, 6) is 0. The molecule has 0 amide bonds. The second kappa shape index (κ2) is 4.31. The van der Waals surface area contributed by atoms with E-state index in [-0.39, 0.29) is 0 Å². The smallest absolute Gasteiger partial charge is 0.0619 e. The highest BCUT2D eigenvalue weighted by Crippen LogP contribution is 2.25. The second-order valence-corrected chi connectivity index (χ2v) is 4.01. The van der Waals surface area contributed by atoms with E-state index in [0.29, 0.717) is 5.69 Å². The predicted molar refractivity (Wildman–Crippen MR) is 66.1 cm³/mol. The van der Waals surface area contributed by atoms with Gasteiger partial charge in [-0.15, -0.1) is 0 Å². The Labute approximate surface area is 96.5 Å². The van der Waals surface area contributed by atoms with Crippen LogP contribution in [-0.4, -0.2) is 4.98 Å². The third-order valence-electron chi connectivity index (χ3n) is 1.95. The first-order valence-electron chi connectivity index (χ1n) is 4.48. The summed E-state index contributed by atoms with van der Waals surface area (Å²) in [4.78, 5) is 4.02. The van der Waals surface area contributed by atoms with Crippen molar-refractivity contribution < 1.29 is 0 Å². The minimum Gasteiger partial charge on any atom is -0.397 e. The summed E-state index contributed by atoms with van der Waals surface area (Å²) in [6.07, 6.45) is 3.48. The molecule has 0 unspecified atom stereocenters. The van der Waals surface area contributed by atoms with E-state index in [0.717, 1.165) is 15.8 Å². The van der Waals surface area contributed by atoms with Crippen LogP contribution in [0.1, 0.15) is 0 Å². The van der Waals surface area contributed by atoms with Gasteiger partial charge >= 0.3 is 0 Å². The normalized spacial score (nSPS) is 9.93. The summed E-state index contributed by atoms with van der Waals surface area (Å²) in [7, 11) is 0. The van der Waals surface area contributed by atoms with Crippen molar-refractivity contribution in [1.82, 2.24) is 4.98 Å². The van der Waals surface area contributed by atoms with Gasteiger partial charge in [0.2, 0.25) is 0 Å². The fourth-order valence-corrected chi connectivity index (χ4v) is 1.62. The van der Waals surface area contributed by atoms with Crippen molar-refractivity contribution in [3.8, 4) is 0 Å². The molecule has 1 aromatic carbocycles. The Balaban J connectivity index is 2.25. The number of halogens is 1.